The van der Waals surface area contributed by atoms with Crippen LogP contribution in [-0.2, 0) is 11.2 Å². The van der Waals surface area contributed by atoms with Gasteiger partial charge >= 0.3 is 0 Å². The van der Waals surface area contributed by atoms with Crippen molar-refractivity contribution in [3.05, 3.63) is 29.8 Å². The summed E-state index contributed by atoms with van der Waals surface area (Å²) >= 11 is 1.72. The molecule has 0 unspecified atom stereocenters. The van der Waals surface area contributed by atoms with Crippen molar-refractivity contribution < 1.29 is 4.79 Å². The molecule has 3 nitrogen and oxygen atoms in total. The fraction of sp³-hybridized carbons (Fsp3) is 0.400. The zero-order valence-corrected chi connectivity index (χ0v) is 12.2. The van der Waals surface area contributed by atoms with E-state index in [4.69, 9.17) is 12.2 Å². The summed E-state index contributed by atoms with van der Waals surface area (Å²) in [6, 6.07) is 7.93. The standard InChI is InChI=1S/C15H20N2OS/c1-4-7-13(15(16)18)17-11(2)10-12-8-5-6-9-14(12)19-3/h1,5-6,8-9,11,13,17H,7,10H2,2-3H3,(H2,16,18)/t11-,13+/m0/s1. The second kappa shape index (κ2) is 7.88. The van der Waals surface area contributed by atoms with Gasteiger partial charge in [0.05, 0.1) is 6.04 Å². The van der Waals surface area contributed by atoms with Crippen LogP contribution in [0.25, 0.3) is 0 Å². The molecule has 0 saturated carbocycles. The van der Waals surface area contributed by atoms with Gasteiger partial charge in [0.1, 0.15) is 0 Å². The van der Waals surface area contributed by atoms with Crippen molar-refractivity contribution in [3.8, 4) is 12.3 Å². The average molecular weight is 276 g/mol. The summed E-state index contributed by atoms with van der Waals surface area (Å²) in [4.78, 5) is 12.5. The number of hydrogen-bond acceptors (Lipinski definition) is 3. The number of terminal acetylenes is 1. The van der Waals surface area contributed by atoms with Crippen molar-refractivity contribution >= 4 is 17.7 Å². The fourth-order valence-electron chi connectivity index (χ4n) is 1.96. The van der Waals surface area contributed by atoms with Crippen LogP contribution < -0.4 is 11.1 Å². The van der Waals surface area contributed by atoms with E-state index in [-0.39, 0.29) is 6.04 Å². The third-order valence-corrected chi connectivity index (χ3v) is 3.71. The first-order valence-electron chi connectivity index (χ1n) is 6.19. The van der Waals surface area contributed by atoms with E-state index in [2.05, 4.69) is 29.6 Å². The van der Waals surface area contributed by atoms with E-state index >= 15 is 0 Å². The molecule has 0 aliphatic rings. The minimum atomic E-state index is -0.457. The summed E-state index contributed by atoms with van der Waals surface area (Å²) in [7, 11) is 0. The lowest BCUT2D eigenvalue weighted by atomic mass is 10.1. The lowest BCUT2D eigenvalue weighted by molar-refractivity contribution is -0.120. The van der Waals surface area contributed by atoms with Crippen LogP contribution in [0.5, 0.6) is 0 Å². The van der Waals surface area contributed by atoms with Gasteiger partial charge in [0, 0.05) is 17.4 Å². The van der Waals surface area contributed by atoms with Gasteiger partial charge in [-0.15, -0.1) is 24.1 Å². The van der Waals surface area contributed by atoms with Gasteiger partial charge in [-0.2, -0.15) is 0 Å². The number of nitrogens with two attached hydrogens (primary N) is 1. The smallest absolute Gasteiger partial charge is 0.235 e. The van der Waals surface area contributed by atoms with Crippen molar-refractivity contribution in [3.63, 3.8) is 0 Å². The molecule has 3 N–H and O–H groups in total. The van der Waals surface area contributed by atoms with Gasteiger partial charge in [0.15, 0.2) is 0 Å². The van der Waals surface area contributed by atoms with Crippen LogP contribution in [0.4, 0.5) is 0 Å². The number of thioether (sulfide) groups is 1. The third kappa shape index (κ3) is 4.98. The fourth-order valence-corrected chi connectivity index (χ4v) is 2.59. The maximum absolute atomic E-state index is 11.3. The van der Waals surface area contributed by atoms with Crippen molar-refractivity contribution in [2.45, 2.75) is 36.7 Å². The molecule has 2 atom stereocenters. The Morgan fingerprint density at radius 2 is 2.21 bits per heavy atom. The van der Waals surface area contributed by atoms with E-state index in [0.717, 1.165) is 6.42 Å². The van der Waals surface area contributed by atoms with Gasteiger partial charge in [-0.05, 0) is 31.2 Å². The molecule has 1 amide bonds. The van der Waals surface area contributed by atoms with E-state index in [1.165, 1.54) is 10.5 Å². The zero-order chi connectivity index (χ0) is 14.3. The Balaban J connectivity index is 2.66. The maximum Gasteiger partial charge on any atom is 0.235 e. The molecule has 0 fully saturated rings. The van der Waals surface area contributed by atoms with E-state index in [1.54, 1.807) is 11.8 Å². The first kappa shape index (κ1) is 15.6. The van der Waals surface area contributed by atoms with E-state index in [0.29, 0.717) is 6.42 Å². The number of primary amides is 1. The van der Waals surface area contributed by atoms with Crippen molar-refractivity contribution in [2.75, 3.05) is 6.26 Å². The molecule has 0 heterocycles. The Kier molecular flexibility index (Phi) is 6.48. The van der Waals surface area contributed by atoms with Crippen molar-refractivity contribution in [1.82, 2.24) is 5.32 Å². The molecule has 0 bridgehead atoms. The first-order valence-corrected chi connectivity index (χ1v) is 7.41. The van der Waals surface area contributed by atoms with Gasteiger partial charge in [-0.1, -0.05) is 18.2 Å². The Hall–Kier alpha value is -1.44. The van der Waals surface area contributed by atoms with Crippen LogP contribution in [0, 0.1) is 12.3 Å². The second-order valence-corrected chi connectivity index (χ2v) is 5.29. The largest absolute Gasteiger partial charge is 0.368 e. The van der Waals surface area contributed by atoms with E-state index in [1.807, 2.05) is 19.1 Å². The molecular weight excluding hydrogens is 256 g/mol. The summed E-state index contributed by atoms with van der Waals surface area (Å²) in [5.74, 6) is 2.07. The number of hydrogen-bond donors (Lipinski definition) is 2. The topological polar surface area (TPSA) is 55.1 Å². The zero-order valence-electron chi connectivity index (χ0n) is 11.3. The number of benzene rings is 1. The molecule has 4 heteroatoms. The normalized spacial score (nSPS) is 13.5. The highest BCUT2D eigenvalue weighted by Gasteiger charge is 2.17. The van der Waals surface area contributed by atoms with Crippen LogP contribution in [0.15, 0.2) is 29.2 Å². The molecule has 0 spiro atoms. The second-order valence-electron chi connectivity index (χ2n) is 4.45. The first-order chi connectivity index (χ1) is 9.08. The van der Waals surface area contributed by atoms with Crippen LogP contribution in [0.3, 0.4) is 0 Å². The Morgan fingerprint density at radius 3 is 2.79 bits per heavy atom. The molecule has 0 radical (unpaired) electrons. The Morgan fingerprint density at radius 1 is 1.53 bits per heavy atom. The summed E-state index contributed by atoms with van der Waals surface area (Å²) in [5, 5.41) is 3.19. The predicted octanol–water partition coefficient (Wildman–Crippen LogP) is 1.81. The molecule has 0 aliphatic carbocycles. The third-order valence-electron chi connectivity index (χ3n) is 2.87. The Labute approximate surface area is 119 Å². The summed E-state index contributed by atoms with van der Waals surface area (Å²) in [6.45, 7) is 2.03. The number of rotatable bonds is 7. The average Bonchev–Trinajstić information content (AvgIpc) is 2.38. The van der Waals surface area contributed by atoms with Crippen LogP contribution in [0.2, 0.25) is 0 Å². The monoisotopic (exact) mass is 276 g/mol. The molecule has 0 saturated heterocycles. The molecule has 1 rings (SSSR count). The number of carbonyl (C=O) groups excluding carboxylic acids is 1. The number of carbonyl (C=O) groups is 1. The van der Waals surface area contributed by atoms with Gasteiger partial charge < -0.3 is 11.1 Å². The molecule has 19 heavy (non-hydrogen) atoms. The highest BCUT2D eigenvalue weighted by atomic mass is 32.2. The van der Waals surface area contributed by atoms with Crippen molar-refractivity contribution in [2.24, 2.45) is 5.73 Å². The molecule has 0 aromatic heterocycles. The summed E-state index contributed by atoms with van der Waals surface area (Å²) < 4.78 is 0. The van der Waals surface area contributed by atoms with Gasteiger partial charge in [-0.25, -0.2) is 0 Å². The molecule has 0 aliphatic heterocycles. The number of nitrogens with one attached hydrogen (secondary N) is 1. The molecule has 1 aromatic rings. The SMILES string of the molecule is C#CC[C@@H](N[C@@H](C)Cc1ccccc1SC)C(N)=O. The highest BCUT2D eigenvalue weighted by Crippen LogP contribution is 2.21. The maximum atomic E-state index is 11.3. The van der Waals surface area contributed by atoms with Gasteiger partial charge in [0.2, 0.25) is 5.91 Å². The van der Waals surface area contributed by atoms with Gasteiger partial charge in [0.25, 0.3) is 0 Å². The van der Waals surface area contributed by atoms with Crippen LogP contribution in [-0.4, -0.2) is 24.2 Å². The quantitative estimate of drug-likeness (QED) is 0.590. The molecule has 1 aromatic carbocycles. The van der Waals surface area contributed by atoms with Crippen molar-refractivity contribution in [1.29, 1.82) is 0 Å². The highest BCUT2D eigenvalue weighted by molar-refractivity contribution is 7.98. The minimum absolute atomic E-state index is 0.138. The van der Waals surface area contributed by atoms with E-state index < -0.39 is 11.9 Å². The molecule has 102 valence electrons. The summed E-state index contributed by atoms with van der Waals surface area (Å²) in [5.41, 5.74) is 6.58. The predicted molar refractivity (Wildman–Crippen MR) is 81.0 cm³/mol. The lowest BCUT2D eigenvalue weighted by Gasteiger charge is -2.20. The van der Waals surface area contributed by atoms with Crippen LogP contribution >= 0.6 is 11.8 Å². The van der Waals surface area contributed by atoms with Gasteiger partial charge in [-0.3, -0.25) is 4.79 Å². The molecular formula is C15H20N2OS. The Bertz CT molecular complexity index is 467. The number of amides is 1. The summed E-state index contributed by atoms with van der Waals surface area (Å²) in [6.07, 6.45) is 8.46. The minimum Gasteiger partial charge on any atom is -0.368 e. The van der Waals surface area contributed by atoms with E-state index in [9.17, 15) is 4.79 Å². The lowest BCUT2D eigenvalue weighted by Crippen LogP contribution is -2.46. The van der Waals surface area contributed by atoms with Crippen LogP contribution in [0.1, 0.15) is 18.9 Å².